The molecule has 1 aromatic carbocycles. The van der Waals surface area contributed by atoms with Gasteiger partial charge in [-0.3, -0.25) is 4.79 Å². The van der Waals surface area contributed by atoms with Gasteiger partial charge in [-0.2, -0.15) is 0 Å². The van der Waals surface area contributed by atoms with Gasteiger partial charge in [-0.1, -0.05) is 36.1 Å². The second-order valence-corrected chi connectivity index (χ2v) is 9.81. The molecule has 0 aliphatic heterocycles. The summed E-state index contributed by atoms with van der Waals surface area (Å²) >= 11 is 6.19. The van der Waals surface area contributed by atoms with Crippen LogP contribution in [0.1, 0.15) is 57.8 Å². The van der Waals surface area contributed by atoms with Crippen molar-refractivity contribution in [1.82, 2.24) is 10.0 Å². The Balaban J connectivity index is 1.47. The van der Waals surface area contributed by atoms with Crippen molar-refractivity contribution in [3.8, 4) is 5.75 Å². The van der Waals surface area contributed by atoms with Crippen LogP contribution in [-0.4, -0.2) is 33.5 Å². The molecule has 8 heteroatoms. The van der Waals surface area contributed by atoms with Gasteiger partial charge >= 0.3 is 0 Å². The molecule has 2 aliphatic carbocycles. The predicted molar refractivity (Wildman–Crippen MR) is 114 cm³/mol. The van der Waals surface area contributed by atoms with E-state index < -0.39 is 10.0 Å². The summed E-state index contributed by atoms with van der Waals surface area (Å²) in [7, 11) is -3.61. The molecule has 0 radical (unpaired) electrons. The smallest absolute Gasteiger partial charge is 0.257 e. The lowest BCUT2D eigenvalue weighted by Gasteiger charge is -2.14. The van der Waals surface area contributed by atoms with Gasteiger partial charge in [0, 0.05) is 12.6 Å². The van der Waals surface area contributed by atoms with E-state index >= 15 is 0 Å². The highest BCUT2D eigenvalue weighted by Gasteiger charge is 2.23. The van der Waals surface area contributed by atoms with E-state index in [0.29, 0.717) is 6.54 Å². The average Bonchev–Trinajstić information content (AvgIpc) is 3.20. The van der Waals surface area contributed by atoms with Gasteiger partial charge in [-0.05, 0) is 63.1 Å². The number of hydrogen-bond donors (Lipinski definition) is 2. The maximum absolute atomic E-state index is 12.5. The first-order valence-electron chi connectivity index (χ1n) is 10.3. The van der Waals surface area contributed by atoms with Crippen LogP contribution in [0, 0.1) is 0 Å². The van der Waals surface area contributed by atoms with Crippen molar-refractivity contribution in [2.75, 3.05) is 13.2 Å². The Bertz CT molecular complexity index is 848. The van der Waals surface area contributed by atoms with E-state index in [2.05, 4.69) is 16.1 Å². The van der Waals surface area contributed by atoms with Gasteiger partial charge in [-0.25, -0.2) is 13.1 Å². The molecule has 29 heavy (non-hydrogen) atoms. The van der Waals surface area contributed by atoms with Crippen molar-refractivity contribution < 1.29 is 17.9 Å². The normalized spacial score (nSPS) is 17.8. The molecule has 0 saturated heterocycles. The molecule has 1 amide bonds. The monoisotopic (exact) mass is 440 g/mol. The van der Waals surface area contributed by atoms with E-state index in [1.165, 1.54) is 36.6 Å². The van der Waals surface area contributed by atoms with Gasteiger partial charge in [0.1, 0.15) is 5.75 Å². The lowest BCUT2D eigenvalue weighted by atomic mass is 9.97. The van der Waals surface area contributed by atoms with E-state index in [4.69, 9.17) is 16.3 Å². The first-order chi connectivity index (χ1) is 13.9. The average molecular weight is 441 g/mol. The van der Waals surface area contributed by atoms with Crippen molar-refractivity contribution in [3.63, 3.8) is 0 Å². The van der Waals surface area contributed by atoms with E-state index in [1.54, 1.807) is 0 Å². The van der Waals surface area contributed by atoms with Crippen LogP contribution in [-0.2, 0) is 14.8 Å². The largest absolute Gasteiger partial charge is 0.482 e. The quantitative estimate of drug-likeness (QED) is 0.569. The molecule has 1 aromatic rings. The molecule has 6 nitrogen and oxygen atoms in total. The SMILES string of the molecule is O=C(COc1ccc(S(=O)(=O)NC2CCCC2)cc1Cl)NCCC1=CCCCC1. The molecular weight excluding hydrogens is 412 g/mol. The summed E-state index contributed by atoms with van der Waals surface area (Å²) in [4.78, 5) is 12.1. The molecule has 1 saturated carbocycles. The summed E-state index contributed by atoms with van der Waals surface area (Å²) in [5.74, 6) is 0.0636. The van der Waals surface area contributed by atoms with Gasteiger partial charge < -0.3 is 10.1 Å². The minimum absolute atomic E-state index is 0.0113. The Morgan fingerprint density at radius 3 is 2.66 bits per heavy atom. The number of sulfonamides is 1. The van der Waals surface area contributed by atoms with Crippen molar-refractivity contribution >= 4 is 27.5 Å². The van der Waals surface area contributed by atoms with Crippen LogP contribution in [0.3, 0.4) is 0 Å². The summed E-state index contributed by atoms with van der Waals surface area (Å²) in [5.41, 5.74) is 1.41. The molecule has 2 aliphatic rings. The molecule has 0 spiro atoms. The topological polar surface area (TPSA) is 84.5 Å². The predicted octanol–water partition coefficient (Wildman–Crippen LogP) is 3.95. The summed E-state index contributed by atoms with van der Waals surface area (Å²) in [5, 5.41) is 3.01. The van der Waals surface area contributed by atoms with Crippen LogP contribution in [0.2, 0.25) is 5.02 Å². The zero-order valence-electron chi connectivity index (χ0n) is 16.6. The van der Waals surface area contributed by atoms with Crippen LogP contribution < -0.4 is 14.8 Å². The van der Waals surface area contributed by atoms with E-state index in [1.807, 2.05) is 0 Å². The lowest BCUT2D eigenvalue weighted by Crippen LogP contribution is -2.32. The van der Waals surface area contributed by atoms with Crippen LogP contribution in [0.25, 0.3) is 0 Å². The standard InChI is InChI=1S/C21H29ClN2O4S/c22-19-14-18(29(26,27)24-17-8-4-5-9-17)10-11-20(19)28-15-21(25)23-13-12-16-6-2-1-3-7-16/h6,10-11,14,17,24H,1-5,7-9,12-13,15H2,(H,23,25). The van der Waals surface area contributed by atoms with Gasteiger partial charge in [-0.15, -0.1) is 0 Å². The minimum Gasteiger partial charge on any atom is -0.482 e. The van der Waals surface area contributed by atoms with Gasteiger partial charge in [0.2, 0.25) is 10.0 Å². The van der Waals surface area contributed by atoms with Crippen LogP contribution in [0.15, 0.2) is 34.7 Å². The first-order valence-corrected chi connectivity index (χ1v) is 12.2. The molecule has 0 unspecified atom stereocenters. The van der Waals surface area contributed by atoms with E-state index in [0.717, 1.165) is 44.9 Å². The van der Waals surface area contributed by atoms with Gasteiger partial charge in [0.05, 0.1) is 9.92 Å². The fourth-order valence-electron chi connectivity index (χ4n) is 3.79. The highest BCUT2D eigenvalue weighted by Crippen LogP contribution is 2.28. The number of halogens is 1. The number of hydrogen-bond acceptors (Lipinski definition) is 4. The van der Waals surface area contributed by atoms with Crippen molar-refractivity contribution in [2.45, 2.75) is 68.7 Å². The fourth-order valence-corrected chi connectivity index (χ4v) is 5.42. The molecule has 0 heterocycles. The Kier molecular flexibility index (Phi) is 7.98. The summed E-state index contributed by atoms with van der Waals surface area (Å²) in [6, 6.07) is 4.29. The Labute approximate surface area is 178 Å². The maximum Gasteiger partial charge on any atom is 0.257 e. The zero-order chi connectivity index (χ0) is 20.7. The van der Waals surface area contributed by atoms with Gasteiger partial charge in [0.25, 0.3) is 5.91 Å². The lowest BCUT2D eigenvalue weighted by molar-refractivity contribution is -0.123. The summed E-state index contributed by atoms with van der Waals surface area (Å²) < 4.78 is 33.2. The third-order valence-corrected chi connectivity index (χ3v) is 7.22. The number of carbonyl (C=O) groups is 1. The molecular formula is C21H29ClN2O4S. The molecule has 0 bridgehead atoms. The molecule has 2 N–H and O–H groups in total. The Morgan fingerprint density at radius 1 is 1.17 bits per heavy atom. The fraction of sp³-hybridized carbons (Fsp3) is 0.571. The third kappa shape index (κ3) is 6.73. The van der Waals surface area contributed by atoms with Crippen molar-refractivity contribution in [2.24, 2.45) is 0 Å². The highest BCUT2D eigenvalue weighted by atomic mass is 35.5. The van der Waals surface area contributed by atoms with Crippen LogP contribution in [0.4, 0.5) is 0 Å². The molecule has 3 rings (SSSR count). The minimum atomic E-state index is -3.61. The molecule has 1 fully saturated rings. The van der Waals surface area contributed by atoms with Crippen molar-refractivity contribution in [3.05, 3.63) is 34.9 Å². The van der Waals surface area contributed by atoms with Crippen LogP contribution in [0.5, 0.6) is 5.75 Å². The number of amides is 1. The first kappa shape index (κ1) is 22.1. The molecule has 0 atom stereocenters. The number of nitrogens with one attached hydrogen (secondary N) is 2. The summed E-state index contributed by atoms with van der Waals surface area (Å²) in [6.07, 6.45) is 11.7. The molecule has 160 valence electrons. The van der Waals surface area contributed by atoms with E-state index in [-0.39, 0.29) is 34.2 Å². The number of benzene rings is 1. The zero-order valence-corrected chi connectivity index (χ0v) is 18.2. The Hall–Kier alpha value is -1.57. The number of ether oxygens (including phenoxy) is 1. The maximum atomic E-state index is 12.5. The van der Waals surface area contributed by atoms with Gasteiger partial charge in [0.15, 0.2) is 6.61 Å². The van der Waals surface area contributed by atoms with E-state index in [9.17, 15) is 13.2 Å². The second kappa shape index (κ2) is 10.5. The van der Waals surface area contributed by atoms with Crippen molar-refractivity contribution in [1.29, 1.82) is 0 Å². The number of rotatable bonds is 9. The number of carbonyl (C=O) groups excluding carboxylic acids is 1. The Morgan fingerprint density at radius 2 is 1.97 bits per heavy atom. The second-order valence-electron chi connectivity index (χ2n) is 7.69. The highest BCUT2D eigenvalue weighted by molar-refractivity contribution is 7.89. The molecule has 0 aromatic heterocycles. The van der Waals surface area contributed by atoms with Crippen LogP contribution >= 0.6 is 11.6 Å². The third-order valence-electron chi connectivity index (χ3n) is 5.40. The summed E-state index contributed by atoms with van der Waals surface area (Å²) in [6.45, 7) is 0.428. The number of allylic oxidation sites excluding steroid dienone is 1.